The fourth-order valence-electron chi connectivity index (χ4n) is 4.78. The van der Waals surface area contributed by atoms with Gasteiger partial charge in [-0.25, -0.2) is 0 Å². The van der Waals surface area contributed by atoms with Crippen LogP contribution in [-0.4, -0.2) is 17.0 Å². The van der Waals surface area contributed by atoms with Crippen molar-refractivity contribution in [3.63, 3.8) is 0 Å². The van der Waals surface area contributed by atoms with Crippen LogP contribution in [0.4, 0.5) is 5.69 Å². The minimum atomic E-state index is -0.839. The van der Waals surface area contributed by atoms with Gasteiger partial charge in [0.2, 0.25) is 5.91 Å². The molecule has 3 aliphatic rings. The topological polar surface area (TPSA) is 66.4 Å². The van der Waals surface area contributed by atoms with Gasteiger partial charge in [-0.1, -0.05) is 24.3 Å². The number of aryl methyl sites for hydroxylation is 2. The molecule has 0 radical (unpaired) electrons. The van der Waals surface area contributed by atoms with E-state index in [2.05, 4.69) is 11.4 Å². The van der Waals surface area contributed by atoms with Crippen molar-refractivity contribution in [2.45, 2.75) is 26.7 Å². The average Bonchev–Trinajstić information content (AvgIpc) is 3.16. The minimum absolute atomic E-state index is 0.0272. The zero-order valence-electron chi connectivity index (χ0n) is 13.4. The van der Waals surface area contributed by atoms with Crippen molar-refractivity contribution in [3.8, 4) is 0 Å². The van der Waals surface area contributed by atoms with E-state index in [1.165, 1.54) is 0 Å². The molecular formula is C19H21NO3. The standard InChI is InChI=1S/C19H21NO3/c1-10-3-4-11(2)14(9-10)20-17(21)15-12-5-6-13(16(15)18(22)23)19(12)7-8-19/h3-6,9,12-13,15-16H,7-8H2,1-2H3,(H,20,21)(H,22,23)/t12-,13-,15+,16+/m1/s1. The number of amides is 1. The molecule has 2 N–H and O–H groups in total. The summed E-state index contributed by atoms with van der Waals surface area (Å²) in [6.07, 6.45) is 6.22. The molecule has 120 valence electrons. The Morgan fingerprint density at radius 3 is 2.39 bits per heavy atom. The molecule has 4 nitrogen and oxygen atoms in total. The van der Waals surface area contributed by atoms with Gasteiger partial charge in [0, 0.05) is 5.69 Å². The largest absolute Gasteiger partial charge is 0.481 e. The van der Waals surface area contributed by atoms with E-state index < -0.39 is 17.8 Å². The number of hydrogen-bond donors (Lipinski definition) is 2. The lowest BCUT2D eigenvalue weighted by Gasteiger charge is -2.24. The molecule has 1 aromatic rings. The molecule has 0 aromatic heterocycles. The fraction of sp³-hybridized carbons (Fsp3) is 0.474. The number of carboxylic acids is 1. The van der Waals surface area contributed by atoms with E-state index in [1.807, 2.05) is 38.1 Å². The van der Waals surface area contributed by atoms with E-state index in [0.29, 0.717) is 0 Å². The van der Waals surface area contributed by atoms with Crippen molar-refractivity contribution in [2.24, 2.45) is 29.1 Å². The second kappa shape index (κ2) is 4.70. The lowest BCUT2D eigenvalue weighted by molar-refractivity contribution is -0.146. The number of nitrogens with one attached hydrogen (secondary N) is 1. The molecule has 1 amide bonds. The van der Waals surface area contributed by atoms with Crippen LogP contribution in [-0.2, 0) is 9.59 Å². The summed E-state index contributed by atoms with van der Waals surface area (Å²) in [5.74, 6) is -1.91. The number of benzene rings is 1. The molecule has 2 saturated carbocycles. The fourth-order valence-corrected chi connectivity index (χ4v) is 4.78. The first kappa shape index (κ1) is 14.5. The van der Waals surface area contributed by atoms with Crippen molar-refractivity contribution < 1.29 is 14.7 Å². The Balaban J connectivity index is 1.64. The predicted octanol–water partition coefficient (Wildman–Crippen LogP) is 3.15. The van der Waals surface area contributed by atoms with Gasteiger partial charge in [-0.05, 0) is 61.1 Å². The summed E-state index contributed by atoms with van der Waals surface area (Å²) in [4.78, 5) is 24.7. The maximum Gasteiger partial charge on any atom is 0.307 e. The van der Waals surface area contributed by atoms with Crippen molar-refractivity contribution in [1.82, 2.24) is 0 Å². The minimum Gasteiger partial charge on any atom is -0.481 e. The van der Waals surface area contributed by atoms with Crippen molar-refractivity contribution in [3.05, 3.63) is 41.5 Å². The van der Waals surface area contributed by atoms with Gasteiger partial charge in [-0.3, -0.25) is 9.59 Å². The number of carboxylic acid groups (broad SMARTS) is 1. The van der Waals surface area contributed by atoms with Crippen LogP contribution in [0.25, 0.3) is 0 Å². The third-order valence-corrected chi connectivity index (χ3v) is 6.08. The Labute approximate surface area is 135 Å². The van der Waals surface area contributed by atoms with Crippen LogP contribution in [0.5, 0.6) is 0 Å². The summed E-state index contributed by atoms with van der Waals surface area (Å²) in [7, 11) is 0. The second-order valence-electron chi connectivity index (χ2n) is 7.37. The highest BCUT2D eigenvalue weighted by atomic mass is 16.4. The first-order chi connectivity index (χ1) is 10.9. The Hall–Kier alpha value is -2.10. The number of carbonyl (C=O) groups excluding carboxylic acids is 1. The molecule has 0 unspecified atom stereocenters. The van der Waals surface area contributed by atoms with Gasteiger partial charge < -0.3 is 10.4 Å². The molecule has 4 atom stereocenters. The van der Waals surface area contributed by atoms with Gasteiger partial charge in [0.25, 0.3) is 0 Å². The highest BCUT2D eigenvalue weighted by molar-refractivity contribution is 5.97. The van der Waals surface area contributed by atoms with Crippen LogP contribution in [0.1, 0.15) is 24.0 Å². The van der Waals surface area contributed by atoms with E-state index in [9.17, 15) is 14.7 Å². The van der Waals surface area contributed by atoms with Crippen LogP contribution < -0.4 is 5.32 Å². The Morgan fingerprint density at radius 2 is 1.78 bits per heavy atom. The molecule has 2 bridgehead atoms. The normalized spacial score (nSPS) is 32.3. The number of aliphatic carboxylic acids is 1. The summed E-state index contributed by atoms with van der Waals surface area (Å²) in [6, 6.07) is 5.92. The molecule has 0 heterocycles. The Kier molecular flexibility index (Phi) is 2.96. The molecule has 1 aromatic carbocycles. The third-order valence-electron chi connectivity index (χ3n) is 6.08. The van der Waals surface area contributed by atoms with Gasteiger partial charge in [0.1, 0.15) is 0 Å². The van der Waals surface area contributed by atoms with Crippen LogP contribution >= 0.6 is 0 Å². The number of anilines is 1. The van der Waals surface area contributed by atoms with Gasteiger partial charge in [0.15, 0.2) is 0 Å². The third kappa shape index (κ3) is 1.97. The van der Waals surface area contributed by atoms with Gasteiger partial charge in [0.05, 0.1) is 11.8 Å². The summed E-state index contributed by atoms with van der Waals surface area (Å²) in [5.41, 5.74) is 2.92. The molecule has 2 fully saturated rings. The van der Waals surface area contributed by atoms with Crippen molar-refractivity contribution in [1.29, 1.82) is 0 Å². The van der Waals surface area contributed by atoms with E-state index in [-0.39, 0.29) is 23.2 Å². The van der Waals surface area contributed by atoms with Crippen LogP contribution in [0.15, 0.2) is 30.4 Å². The Morgan fingerprint density at radius 1 is 1.13 bits per heavy atom. The SMILES string of the molecule is Cc1ccc(C)c(NC(=O)[C@@H]2[C@@H](C(=O)O)[C@H]3C=C[C@H]2C32CC2)c1. The van der Waals surface area contributed by atoms with E-state index in [4.69, 9.17) is 0 Å². The molecule has 3 aliphatic carbocycles. The predicted molar refractivity (Wildman–Crippen MR) is 86.9 cm³/mol. The van der Waals surface area contributed by atoms with Gasteiger partial charge >= 0.3 is 5.97 Å². The number of carbonyl (C=O) groups is 2. The van der Waals surface area contributed by atoms with Crippen LogP contribution in [0.3, 0.4) is 0 Å². The summed E-state index contributed by atoms with van der Waals surface area (Å²) >= 11 is 0. The second-order valence-corrected chi connectivity index (χ2v) is 7.37. The highest BCUT2D eigenvalue weighted by Gasteiger charge is 2.70. The first-order valence-corrected chi connectivity index (χ1v) is 8.23. The van der Waals surface area contributed by atoms with Crippen LogP contribution in [0, 0.1) is 42.9 Å². The smallest absolute Gasteiger partial charge is 0.307 e. The molecule has 1 spiro atoms. The highest BCUT2D eigenvalue weighted by Crippen LogP contribution is 2.72. The lowest BCUT2D eigenvalue weighted by atomic mass is 9.82. The Bertz CT molecular complexity index is 732. The van der Waals surface area contributed by atoms with Crippen molar-refractivity contribution >= 4 is 17.6 Å². The molecular weight excluding hydrogens is 290 g/mol. The van der Waals surface area contributed by atoms with E-state index >= 15 is 0 Å². The number of rotatable bonds is 3. The summed E-state index contributed by atoms with van der Waals surface area (Å²) < 4.78 is 0. The number of hydrogen-bond acceptors (Lipinski definition) is 2. The molecule has 0 aliphatic heterocycles. The molecule has 0 saturated heterocycles. The van der Waals surface area contributed by atoms with Gasteiger partial charge in [-0.2, -0.15) is 0 Å². The lowest BCUT2D eigenvalue weighted by Crippen LogP contribution is -2.36. The quantitative estimate of drug-likeness (QED) is 0.843. The first-order valence-electron chi connectivity index (χ1n) is 8.23. The zero-order valence-corrected chi connectivity index (χ0v) is 13.4. The number of allylic oxidation sites excluding steroid dienone is 2. The molecule has 23 heavy (non-hydrogen) atoms. The molecule has 4 heteroatoms. The van der Waals surface area contributed by atoms with E-state index in [1.54, 1.807) is 0 Å². The average molecular weight is 311 g/mol. The monoisotopic (exact) mass is 311 g/mol. The summed E-state index contributed by atoms with van der Waals surface area (Å²) in [5, 5.41) is 12.7. The maximum atomic E-state index is 12.9. The van der Waals surface area contributed by atoms with Gasteiger partial charge in [-0.15, -0.1) is 0 Å². The zero-order chi connectivity index (χ0) is 16.4. The maximum absolute atomic E-state index is 12.9. The molecule has 4 rings (SSSR count). The van der Waals surface area contributed by atoms with Crippen LogP contribution in [0.2, 0.25) is 0 Å². The van der Waals surface area contributed by atoms with E-state index in [0.717, 1.165) is 29.7 Å². The van der Waals surface area contributed by atoms with Crippen molar-refractivity contribution in [2.75, 3.05) is 5.32 Å². The summed E-state index contributed by atoms with van der Waals surface area (Å²) in [6.45, 7) is 3.93.